The van der Waals surface area contributed by atoms with Crippen molar-refractivity contribution in [2.45, 2.75) is 67.1 Å². The zero-order valence-corrected chi connectivity index (χ0v) is 19.7. The van der Waals surface area contributed by atoms with E-state index in [-0.39, 0.29) is 17.8 Å². The van der Waals surface area contributed by atoms with Crippen molar-refractivity contribution < 1.29 is 74.7 Å². The Morgan fingerprint density at radius 2 is 1.14 bits per heavy atom. The van der Waals surface area contributed by atoms with Gasteiger partial charge in [0.15, 0.2) is 0 Å². The Labute approximate surface area is 202 Å². The average Bonchev–Trinajstić information content (AvgIpc) is 2.68. The van der Waals surface area contributed by atoms with Crippen LogP contribution in [0, 0.1) is 23.2 Å². The molecule has 0 aromatic rings. The summed E-state index contributed by atoms with van der Waals surface area (Å²) in [6.07, 6.45) is -3.60. The van der Waals surface area contributed by atoms with Gasteiger partial charge in [-0.25, -0.2) is 21.6 Å². The summed E-state index contributed by atoms with van der Waals surface area (Å²) in [5, 5.41) is -13.7. The maximum absolute atomic E-state index is 14.2. The number of carbonyl (C=O) groups excluding carboxylic acids is 1. The number of rotatable bonds is 9. The molecule has 37 heavy (non-hydrogen) atoms. The van der Waals surface area contributed by atoms with E-state index < -0.39 is 70.7 Å². The van der Waals surface area contributed by atoms with E-state index in [1.807, 2.05) is 0 Å². The molecule has 7 nitrogen and oxygen atoms in total. The molecule has 4 bridgehead atoms. The third-order valence-electron chi connectivity index (χ3n) is 6.92. The fourth-order valence-electron chi connectivity index (χ4n) is 5.66. The first kappa shape index (κ1) is 30.1. The molecule has 0 heterocycles. The van der Waals surface area contributed by atoms with E-state index in [0.29, 0.717) is 19.3 Å². The van der Waals surface area contributed by atoms with Crippen LogP contribution in [0.1, 0.15) is 38.5 Å². The topological polar surface area (TPSA) is 107 Å². The van der Waals surface area contributed by atoms with Gasteiger partial charge in [0, 0.05) is 5.41 Å². The first-order valence-electron chi connectivity index (χ1n) is 10.3. The monoisotopic (exact) mass is 605 g/mol. The maximum atomic E-state index is 14.2. The van der Waals surface area contributed by atoms with Gasteiger partial charge in [-0.15, -0.1) is 0 Å². The van der Waals surface area contributed by atoms with Gasteiger partial charge in [0.1, 0.15) is 0 Å². The van der Waals surface area contributed by atoms with Crippen LogP contribution in [0.15, 0.2) is 0 Å². The molecule has 0 amide bonds. The van der Waals surface area contributed by atoms with Crippen LogP contribution in [0.4, 0.5) is 48.3 Å². The van der Waals surface area contributed by atoms with Crippen molar-refractivity contribution in [1.29, 1.82) is 0 Å². The van der Waals surface area contributed by atoms with E-state index in [1.54, 1.807) is 0 Å². The molecule has 4 rings (SSSR count). The van der Waals surface area contributed by atoms with Crippen LogP contribution in [0.25, 0.3) is 0 Å². The van der Waals surface area contributed by atoms with E-state index in [0.717, 1.165) is 19.3 Å². The molecule has 0 radical (unpaired) electrons. The molecule has 0 atom stereocenters. The van der Waals surface area contributed by atoms with Gasteiger partial charge in [0.2, 0.25) is 0 Å². The highest BCUT2D eigenvalue weighted by Gasteiger charge is 2.86. The minimum absolute atomic E-state index is 0.194. The van der Waals surface area contributed by atoms with E-state index >= 15 is 0 Å². The average molecular weight is 605 g/mol. The Hall–Kier alpha value is -1.44. The van der Waals surface area contributed by atoms with Crippen molar-refractivity contribution in [3.05, 3.63) is 0 Å². The van der Waals surface area contributed by atoms with Gasteiger partial charge in [-0.2, -0.15) is 48.3 Å². The first-order valence-corrected chi connectivity index (χ1v) is 13.3. The summed E-state index contributed by atoms with van der Waals surface area (Å²) in [7, 11) is -15.3. The number of esters is 1. The number of hydrogen-bond acceptors (Lipinski definition) is 6. The van der Waals surface area contributed by atoms with Crippen LogP contribution in [0.3, 0.4) is 0 Å². The van der Waals surface area contributed by atoms with Crippen LogP contribution < -0.4 is 4.13 Å². The second-order valence-electron chi connectivity index (χ2n) is 9.76. The molecule has 20 heteroatoms. The van der Waals surface area contributed by atoms with Crippen molar-refractivity contribution in [3.63, 3.8) is 0 Å². The fourth-order valence-corrected chi connectivity index (χ4v) is 8.39. The predicted molar refractivity (Wildman–Crippen MR) is 98.4 cm³/mol. The van der Waals surface area contributed by atoms with Crippen molar-refractivity contribution in [3.8, 4) is 0 Å². The van der Waals surface area contributed by atoms with Crippen molar-refractivity contribution in [2.24, 2.45) is 23.2 Å². The van der Waals surface area contributed by atoms with Crippen LogP contribution in [-0.2, 0) is 29.6 Å². The lowest BCUT2D eigenvalue weighted by atomic mass is 9.50. The Balaban J connectivity index is 1.78. The smallest absolute Gasteiger partial charge is 0.460 e. The van der Waals surface area contributed by atoms with Gasteiger partial charge >= 0.3 is 44.5 Å². The van der Waals surface area contributed by atoms with E-state index in [2.05, 4.69) is 4.74 Å². The largest absolute Gasteiger partial charge is 0.460 e. The Morgan fingerprint density at radius 1 is 0.730 bits per heavy atom. The van der Waals surface area contributed by atoms with Gasteiger partial charge in [-0.05, 0) is 56.3 Å². The standard InChI is InChI=1S/C17H18F11NO6S2/c18-13(19,11(30)35-7-12-4-8-1-9(5-12)3-10(2-8)6-12)36(31,32)29-37(33,34)17(27,28)15(22,23)14(20,21)16(24,25)26/h8-10,29H,1-7H2. The minimum Gasteiger partial charge on any atom is -0.460 e. The highest BCUT2D eigenvalue weighted by molar-refractivity contribution is 8.06. The molecule has 0 unspecified atom stereocenters. The lowest BCUT2D eigenvalue weighted by Gasteiger charge is -2.56. The minimum atomic E-state index is -7.98. The quantitative estimate of drug-likeness (QED) is 0.315. The predicted octanol–water partition coefficient (Wildman–Crippen LogP) is 4.01. The van der Waals surface area contributed by atoms with Gasteiger partial charge in [-0.3, -0.25) is 0 Å². The lowest BCUT2D eigenvalue weighted by molar-refractivity contribution is -0.382. The zero-order valence-electron chi connectivity index (χ0n) is 18.1. The number of halogens is 11. The zero-order chi connectivity index (χ0) is 28.7. The fraction of sp³-hybridized carbons (Fsp3) is 0.941. The summed E-state index contributed by atoms with van der Waals surface area (Å²) in [5.74, 6) is -18.1. The Kier molecular flexibility index (Phi) is 6.94. The van der Waals surface area contributed by atoms with Crippen molar-refractivity contribution >= 4 is 26.0 Å². The Morgan fingerprint density at radius 3 is 1.51 bits per heavy atom. The molecule has 0 saturated heterocycles. The summed E-state index contributed by atoms with van der Waals surface area (Å²) in [6.45, 7) is -0.765. The normalized spacial score (nSPS) is 29.4. The second-order valence-corrected chi connectivity index (χ2v) is 13.5. The van der Waals surface area contributed by atoms with Gasteiger partial charge in [-0.1, -0.05) is 4.13 Å². The van der Waals surface area contributed by atoms with Crippen LogP contribution >= 0.6 is 0 Å². The van der Waals surface area contributed by atoms with Crippen LogP contribution in [0.5, 0.6) is 0 Å². The summed E-state index contributed by atoms with van der Waals surface area (Å²) < 4.78 is 195. The molecule has 4 fully saturated rings. The summed E-state index contributed by atoms with van der Waals surface area (Å²) >= 11 is 0. The van der Waals surface area contributed by atoms with Crippen molar-refractivity contribution in [1.82, 2.24) is 4.13 Å². The molecule has 4 aliphatic carbocycles. The molecule has 0 aromatic carbocycles. The van der Waals surface area contributed by atoms with Gasteiger partial charge in [0.25, 0.3) is 10.0 Å². The van der Waals surface area contributed by atoms with E-state index in [1.165, 1.54) is 0 Å². The number of sulfonamides is 2. The summed E-state index contributed by atoms with van der Waals surface area (Å²) in [4.78, 5) is 11.8. The van der Waals surface area contributed by atoms with Crippen LogP contribution in [0.2, 0.25) is 0 Å². The number of ether oxygens (including phenoxy) is 1. The van der Waals surface area contributed by atoms with Crippen LogP contribution in [-0.4, -0.2) is 57.9 Å². The van der Waals surface area contributed by atoms with Gasteiger partial charge in [0.05, 0.1) is 6.61 Å². The second kappa shape index (κ2) is 8.53. The number of carbonyl (C=O) groups is 1. The van der Waals surface area contributed by atoms with E-state index in [4.69, 9.17) is 0 Å². The maximum Gasteiger partial charge on any atom is 0.460 e. The summed E-state index contributed by atoms with van der Waals surface area (Å²) in [5.41, 5.74) is -0.804. The molecule has 4 saturated carbocycles. The molecule has 216 valence electrons. The van der Waals surface area contributed by atoms with E-state index in [9.17, 15) is 69.9 Å². The van der Waals surface area contributed by atoms with Crippen molar-refractivity contribution in [2.75, 3.05) is 6.61 Å². The third-order valence-corrected chi connectivity index (χ3v) is 10.5. The number of nitrogens with one attached hydrogen (secondary N) is 1. The molecule has 0 aromatic heterocycles. The highest BCUT2D eigenvalue weighted by Crippen LogP contribution is 2.60. The molecular weight excluding hydrogens is 587 g/mol. The number of alkyl halides is 11. The number of hydrogen-bond donors (Lipinski definition) is 1. The molecule has 0 spiro atoms. The molecular formula is C17H18F11NO6S2. The molecule has 1 N–H and O–H groups in total. The lowest BCUT2D eigenvalue weighted by Crippen LogP contribution is -2.66. The highest BCUT2D eigenvalue weighted by atomic mass is 32.3. The Bertz CT molecular complexity index is 1120. The molecule has 0 aliphatic heterocycles. The van der Waals surface area contributed by atoms with Gasteiger partial charge < -0.3 is 4.74 Å². The molecule has 4 aliphatic rings. The first-order chi connectivity index (χ1) is 16.3. The summed E-state index contributed by atoms with van der Waals surface area (Å²) in [6, 6.07) is 0. The third kappa shape index (κ3) is 4.67. The SMILES string of the molecule is O=C(OCC12CC3CC(CC(C3)C1)C2)C(F)(F)S(=O)(=O)NS(=O)(=O)C(F)(F)C(F)(F)C(F)(F)C(F)(F)F.